The standard InChI is InChI=1S/C17H17NO2S/c1-18(2)17(20)14-9-6-10-15(11-14)21-12-16(19)13-7-4-3-5-8-13/h3-11H,12H2,1-2H3. The number of Topliss-reactive ketones (excluding diaryl/α,β-unsaturated/α-hetero) is 1. The molecular weight excluding hydrogens is 282 g/mol. The molecule has 2 rings (SSSR count). The summed E-state index contributed by atoms with van der Waals surface area (Å²) in [6, 6.07) is 16.6. The van der Waals surface area contributed by atoms with Gasteiger partial charge in [-0.25, -0.2) is 0 Å². The maximum Gasteiger partial charge on any atom is 0.253 e. The van der Waals surface area contributed by atoms with Crippen molar-refractivity contribution in [2.24, 2.45) is 0 Å². The third kappa shape index (κ3) is 4.20. The number of ketones is 1. The molecule has 0 aliphatic heterocycles. The minimum atomic E-state index is -0.0353. The monoisotopic (exact) mass is 299 g/mol. The van der Waals surface area contributed by atoms with Crippen LogP contribution < -0.4 is 0 Å². The zero-order chi connectivity index (χ0) is 15.2. The highest BCUT2D eigenvalue weighted by Gasteiger charge is 2.10. The molecular formula is C17H17NO2S. The van der Waals surface area contributed by atoms with Crippen LogP contribution >= 0.6 is 11.8 Å². The maximum atomic E-state index is 12.0. The molecule has 2 aromatic carbocycles. The summed E-state index contributed by atoms with van der Waals surface area (Å²) >= 11 is 1.45. The Balaban J connectivity index is 2.02. The SMILES string of the molecule is CN(C)C(=O)c1cccc(SCC(=O)c2ccccc2)c1. The predicted octanol–water partition coefficient (Wildman–Crippen LogP) is 3.36. The van der Waals surface area contributed by atoms with Crippen molar-refractivity contribution in [1.82, 2.24) is 4.90 Å². The van der Waals surface area contributed by atoms with Crippen LogP contribution in [0, 0.1) is 0 Å². The Bertz CT molecular complexity index is 638. The number of benzene rings is 2. The molecule has 0 unspecified atom stereocenters. The minimum absolute atomic E-state index is 0.0353. The van der Waals surface area contributed by atoms with E-state index in [1.165, 1.54) is 11.8 Å². The van der Waals surface area contributed by atoms with Gasteiger partial charge in [0.1, 0.15) is 0 Å². The van der Waals surface area contributed by atoms with Gasteiger partial charge in [0.05, 0.1) is 5.75 Å². The Morgan fingerprint density at radius 1 is 0.952 bits per heavy atom. The number of nitrogens with zero attached hydrogens (tertiary/aromatic N) is 1. The van der Waals surface area contributed by atoms with E-state index in [0.29, 0.717) is 16.9 Å². The Kier molecular flexibility index (Phi) is 5.17. The van der Waals surface area contributed by atoms with Gasteiger partial charge >= 0.3 is 0 Å². The summed E-state index contributed by atoms with van der Waals surface area (Å²) < 4.78 is 0. The highest BCUT2D eigenvalue weighted by atomic mass is 32.2. The van der Waals surface area contributed by atoms with Crippen molar-refractivity contribution in [1.29, 1.82) is 0 Å². The van der Waals surface area contributed by atoms with Gasteiger partial charge in [-0.05, 0) is 18.2 Å². The molecule has 0 aromatic heterocycles. The van der Waals surface area contributed by atoms with Crippen LogP contribution in [0.2, 0.25) is 0 Å². The number of thioether (sulfide) groups is 1. The molecule has 0 saturated heterocycles. The molecule has 0 bridgehead atoms. The van der Waals surface area contributed by atoms with E-state index in [-0.39, 0.29) is 11.7 Å². The molecule has 0 radical (unpaired) electrons. The van der Waals surface area contributed by atoms with E-state index in [9.17, 15) is 9.59 Å². The van der Waals surface area contributed by atoms with Crippen molar-refractivity contribution in [3.8, 4) is 0 Å². The summed E-state index contributed by atoms with van der Waals surface area (Å²) in [6.07, 6.45) is 0. The van der Waals surface area contributed by atoms with Crippen LogP contribution in [0.4, 0.5) is 0 Å². The fourth-order valence-corrected chi connectivity index (χ4v) is 2.68. The van der Waals surface area contributed by atoms with Crippen LogP contribution in [0.3, 0.4) is 0 Å². The van der Waals surface area contributed by atoms with E-state index in [1.807, 2.05) is 48.5 Å². The average molecular weight is 299 g/mol. The lowest BCUT2D eigenvalue weighted by atomic mass is 10.2. The summed E-state index contributed by atoms with van der Waals surface area (Å²) in [5.41, 5.74) is 1.35. The second-order valence-corrected chi connectivity index (χ2v) is 5.85. The van der Waals surface area contributed by atoms with Crippen molar-refractivity contribution < 1.29 is 9.59 Å². The maximum absolute atomic E-state index is 12.0. The van der Waals surface area contributed by atoms with Crippen LogP contribution in [-0.2, 0) is 0 Å². The second-order valence-electron chi connectivity index (χ2n) is 4.81. The van der Waals surface area contributed by atoms with Crippen molar-refractivity contribution >= 4 is 23.5 Å². The molecule has 0 N–H and O–H groups in total. The quantitative estimate of drug-likeness (QED) is 0.627. The van der Waals surface area contributed by atoms with Crippen LogP contribution in [0.15, 0.2) is 59.5 Å². The molecule has 3 nitrogen and oxygen atoms in total. The van der Waals surface area contributed by atoms with Crippen molar-refractivity contribution in [3.63, 3.8) is 0 Å². The van der Waals surface area contributed by atoms with Crippen molar-refractivity contribution in [2.45, 2.75) is 4.90 Å². The molecule has 4 heteroatoms. The van der Waals surface area contributed by atoms with Gasteiger partial charge in [-0.3, -0.25) is 9.59 Å². The van der Waals surface area contributed by atoms with Crippen LogP contribution in [0.1, 0.15) is 20.7 Å². The van der Waals surface area contributed by atoms with Crippen molar-refractivity contribution in [3.05, 3.63) is 65.7 Å². The molecule has 0 spiro atoms. The number of carbonyl (C=O) groups excluding carboxylic acids is 2. The Labute approximate surface area is 129 Å². The summed E-state index contributed by atoms with van der Waals surface area (Å²) in [4.78, 5) is 26.4. The van der Waals surface area contributed by atoms with Crippen LogP contribution in [0.5, 0.6) is 0 Å². The summed E-state index contributed by atoms with van der Waals surface area (Å²) in [5, 5.41) is 0. The Morgan fingerprint density at radius 3 is 2.29 bits per heavy atom. The van der Waals surface area contributed by atoms with E-state index >= 15 is 0 Å². The van der Waals surface area contributed by atoms with E-state index in [2.05, 4.69) is 0 Å². The largest absolute Gasteiger partial charge is 0.345 e. The molecule has 108 valence electrons. The van der Waals surface area contributed by atoms with Gasteiger partial charge in [-0.15, -0.1) is 11.8 Å². The van der Waals surface area contributed by atoms with Gasteiger partial charge in [0.25, 0.3) is 5.91 Å². The predicted molar refractivity (Wildman–Crippen MR) is 86.0 cm³/mol. The first-order chi connectivity index (χ1) is 10.1. The van der Waals surface area contributed by atoms with Crippen LogP contribution in [0.25, 0.3) is 0 Å². The topological polar surface area (TPSA) is 37.4 Å². The molecule has 0 aliphatic carbocycles. The third-order valence-corrected chi connectivity index (χ3v) is 3.95. The lowest BCUT2D eigenvalue weighted by Gasteiger charge is -2.11. The number of hydrogen-bond donors (Lipinski definition) is 0. The summed E-state index contributed by atoms with van der Waals surface area (Å²) in [6.45, 7) is 0. The molecule has 0 heterocycles. The lowest BCUT2D eigenvalue weighted by molar-refractivity contribution is 0.0827. The van der Waals surface area contributed by atoms with E-state index in [0.717, 1.165) is 4.90 Å². The Hall–Kier alpha value is -2.07. The van der Waals surface area contributed by atoms with Crippen LogP contribution in [-0.4, -0.2) is 36.4 Å². The average Bonchev–Trinajstić information content (AvgIpc) is 2.53. The molecule has 21 heavy (non-hydrogen) atoms. The minimum Gasteiger partial charge on any atom is -0.345 e. The number of amides is 1. The van der Waals surface area contributed by atoms with Gasteiger partial charge < -0.3 is 4.90 Å². The van der Waals surface area contributed by atoms with Crippen molar-refractivity contribution in [2.75, 3.05) is 19.8 Å². The smallest absolute Gasteiger partial charge is 0.253 e. The third-order valence-electron chi connectivity index (χ3n) is 2.95. The number of hydrogen-bond acceptors (Lipinski definition) is 3. The van der Waals surface area contributed by atoms with E-state index in [1.54, 1.807) is 25.1 Å². The number of carbonyl (C=O) groups is 2. The molecule has 2 aromatic rings. The van der Waals surface area contributed by atoms with E-state index in [4.69, 9.17) is 0 Å². The first kappa shape index (κ1) is 15.3. The van der Waals surface area contributed by atoms with Gasteiger partial charge in [-0.2, -0.15) is 0 Å². The molecule has 0 saturated carbocycles. The van der Waals surface area contributed by atoms with Gasteiger partial charge in [0.15, 0.2) is 5.78 Å². The van der Waals surface area contributed by atoms with Gasteiger partial charge in [0, 0.05) is 30.1 Å². The fourth-order valence-electron chi connectivity index (χ4n) is 1.83. The zero-order valence-electron chi connectivity index (χ0n) is 12.1. The molecule has 0 fully saturated rings. The Morgan fingerprint density at radius 2 is 1.62 bits per heavy atom. The summed E-state index contributed by atoms with van der Waals surface area (Å²) in [5.74, 6) is 0.417. The fraction of sp³-hybridized carbons (Fsp3) is 0.176. The second kappa shape index (κ2) is 7.09. The van der Waals surface area contributed by atoms with Gasteiger partial charge in [-0.1, -0.05) is 36.4 Å². The molecule has 0 atom stereocenters. The van der Waals surface area contributed by atoms with Gasteiger partial charge in [0.2, 0.25) is 0 Å². The first-order valence-corrected chi connectivity index (χ1v) is 7.59. The summed E-state index contributed by atoms with van der Waals surface area (Å²) in [7, 11) is 3.45. The molecule has 1 amide bonds. The highest BCUT2D eigenvalue weighted by molar-refractivity contribution is 8.00. The number of rotatable bonds is 5. The highest BCUT2D eigenvalue weighted by Crippen LogP contribution is 2.21. The zero-order valence-corrected chi connectivity index (χ0v) is 12.9. The first-order valence-electron chi connectivity index (χ1n) is 6.60. The lowest BCUT2D eigenvalue weighted by Crippen LogP contribution is -2.21. The van der Waals surface area contributed by atoms with E-state index < -0.39 is 0 Å². The normalized spacial score (nSPS) is 10.2. The molecule has 0 aliphatic rings.